The molecule has 5 rings (SSSR count). The number of hydrogen-bond acceptors (Lipinski definition) is 9. The van der Waals surface area contributed by atoms with Gasteiger partial charge in [-0.15, -0.1) is 0 Å². The normalized spacial score (nSPS) is 16.9. The third-order valence-corrected chi connectivity index (χ3v) is 7.48. The number of thiazole rings is 1. The fourth-order valence-corrected chi connectivity index (χ4v) is 5.62. The van der Waals surface area contributed by atoms with Crippen LogP contribution in [0.1, 0.15) is 29.6 Å². The Labute approximate surface area is 209 Å². The summed E-state index contributed by atoms with van der Waals surface area (Å²) in [5.41, 5.74) is 2.39. The maximum Gasteiger partial charge on any atom is 0.257 e. The van der Waals surface area contributed by atoms with E-state index in [1.807, 2.05) is 6.07 Å². The highest BCUT2D eigenvalue weighted by atomic mass is 32.1. The van der Waals surface area contributed by atoms with Crippen molar-refractivity contribution >= 4 is 44.1 Å². The van der Waals surface area contributed by atoms with Crippen molar-refractivity contribution in [2.75, 3.05) is 75.1 Å². The van der Waals surface area contributed by atoms with Gasteiger partial charge in [0.05, 0.1) is 30.7 Å². The van der Waals surface area contributed by atoms with Gasteiger partial charge in [0.15, 0.2) is 5.13 Å². The van der Waals surface area contributed by atoms with Crippen LogP contribution in [0.2, 0.25) is 0 Å². The minimum atomic E-state index is -0.211. The Morgan fingerprint density at radius 1 is 1.14 bits per heavy atom. The standard InChI is InChI=1S/C25H32N6O3S/c1-33-20-6-5-19(31-13-15-34-16-14-31)23-22(20)28-25(35-23)29-24(32)18-7-8-26-21(17-18)27-9-12-30-10-3-2-4-11-30/h5-8,17H,2-4,9-16H2,1H3,(H,26,27)(H,28,29,32). The molecule has 2 aliphatic rings. The lowest BCUT2D eigenvalue weighted by Gasteiger charge is -2.29. The Bertz CT molecular complexity index is 1160. The zero-order chi connectivity index (χ0) is 24.0. The number of rotatable bonds is 8. The highest BCUT2D eigenvalue weighted by molar-refractivity contribution is 7.23. The molecule has 0 radical (unpaired) electrons. The van der Waals surface area contributed by atoms with E-state index in [1.165, 1.54) is 30.6 Å². The molecule has 9 nitrogen and oxygen atoms in total. The van der Waals surface area contributed by atoms with Crippen LogP contribution in [0.15, 0.2) is 30.5 Å². The van der Waals surface area contributed by atoms with Crippen LogP contribution in [-0.4, -0.2) is 80.4 Å². The molecular formula is C25H32N6O3S. The molecule has 2 aliphatic heterocycles. The van der Waals surface area contributed by atoms with Crippen molar-refractivity contribution in [2.24, 2.45) is 0 Å². The molecule has 1 amide bonds. The molecule has 35 heavy (non-hydrogen) atoms. The van der Waals surface area contributed by atoms with Gasteiger partial charge in [0, 0.05) is 37.9 Å². The van der Waals surface area contributed by atoms with E-state index in [0.29, 0.717) is 35.5 Å². The van der Waals surface area contributed by atoms with E-state index in [-0.39, 0.29) is 5.91 Å². The number of morpholine rings is 1. The van der Waals surface area contributed by atoms with E-state index in [0.717, 1.165) is 55.2 Å². The van der Waals surface area contributed by atoms with Gasteiger partial charge in [-0.3, -0.25) is 10.1 Å². The van der Waals surface area contributed by atoms with Crippen LogP contribution < -0.4 is 20.3 Å². The number of carbonyl (C=O) groups is 1. The molecular weight excluding hydrogens is 464 g/mol. The predicted octanol–water partition coefficient (Wildman–Crippen LogP) is 3.69. The van der Waals surface area contributed by atoms with Crippen LogP contribution in [0.3, 0.4) is 0 Å². The van der Waals surface area contributed by atoms with Crippen molar-refractivity contribution in [3.63, 3.8) is 0 Å². The summed E-state index contributed by atoms with van der Waals surface area (Å²) >= 11 is 1.46. The maximum absolute atomic E-state index is 13.0. The molecule has 0 saturated carbocycles. The van der Waals surface area contributed by atoms with E-state index in [2.05, 4.69) is 31.5 Å². The first-order valence-electron chi connectivity index (χ1n) is 12.2. The van der Waals surface area contributed by atoms with Gasteiger partial charge in [-0.05, 0) is 50.2 Å². The first kappa shape index (κ1) is 23.8. The number of piperidine rings is 1. The van der Waals surface area contributed by atoms with Crippen LogP contribution in [0, 0.1) is 0 Å². The van der Waals surface area contributed by atoms with Crippen LogP contribution >= 0.6 is 11.3 Å². The van der Waals surface area contributed by atoms with Gasteiger partial charge in [-0.2, -0.15) is 0 Å². The van der Waals surface area contributed by atoms with E-state index >= 15 is 0 Å². The number of methoxy groups -OCH3 is 1. The molecule has 0 bridgehead atoms. The number of hydrogen-bond donors (Lipinski definition) is 2. The number of amides is 1. The van der Waals surface area contributed by atoms with Crippen LogP contribution in [0.5, 0.6) is 5.75 Å². The largest absolute Gasteiger partial charge is 0.494 e. The molecule has 2 N–H and O–H groups in total. The number of nitrogens with one attached hydrogen (secondary N) is 2. The summed E-state index contributed by atoms with van der Waals surface area (Å²) in [4.78, 5) is 26.9. The molecule has 0 atom stereocenters. The minimum Gasteiger partial charge on any atom is -0.494 e. The lowest BCUT2D eigenvalue weighted by Crippen LogP contribution is -2.36. The summed E-state index contributed by atoms with van der Waals surface area (Å²) < 4.78 is 12.0. The third-order valence-electron chi connectivity index (χ3n) is 6.48. The minimum absolute atomic E-state index is 0.211. The van der Waals surface area contributed by atoms with E-state index in [9.17, 15) is 4.79 Å². The Morgan fingerprint density at radius 2 is 1.97 bits per heavy atom. The smallest absolute Gasteiger partial charge is 0.257 e. The summed E-state index contributed by atoms with van der Waals surface area (Å²) in [7, 11) is 1.64. The molecule has 2 saturated heterocycles. The zero-order valence-corrected chi connectivity index (χ0v) is 20.9. The summed E-state index contributed by atoms with van der Waals surface area (Å²) in [6.45, 7) is 7.17. The Balaban J connectivity index is 1.28. The summed E-state index contributed by atoms with van der Waals surface area (Å²) in [6, 6.07) is 7.50. The maximum atomic E-state index is 13.0. The van der Waals surface area contributed by atoms with Gasteiger partial charge in [0.25, 0.3) is 5.91 Å². The predicted molar refractivity (Wildman–Crippen MR) is 140 cm³/mol. The Kier molecular flexibility index (Phi) is 7.60. The quantitative estimate of drug-likeness (QED) is 0.488. The number of ether oxygens (including phenoxy) is 2. The summed E-state index contributed by atoms with van der Waals surface area (Å²) in [5, 5.41) is 6.87. The zero-order valence-electron chi connectivity index (χ0n) is 20.1. The molecule has 186 valence electrons. The first-order valence-corrected chi connectivity index (χ1v) is 13.1. The molecule has 2 aromatic heterocycles. The van der Waals surface area contributed by atoms with Crippen molar-refractivity contribution in [1.82, 2.24) is 14.9 Å². The number of carbonyl (C=O) groups excluding carboxylic acids is 1. The van der Waals surface area contributed by atoms with E-state index in [1.54, 1.807) is 25.4 Å². The number of pyridine rings is 1. The Hall–Kier alpha value is -2.95. The van der Waals surface area contributed by atoms with E-state index in [4.69, 9.17) is 14.5 Å². The number of fused-ring (bicyclic) bond motifs is 1. The van der Waals surface area contributed by atoms with Crippen LogP contribution in [0.25, 0.3) is 10.2 Å². The highest BCUT2D eigenvalue weighted by Crippen LogP contribution is 2.39. The van der Waals surface area contributed by atoms with Crippen molar-refractivity contribution in [1.29, 1.82) is 0 Å². The lowest BCUT2D eigenvalue weighted by atomic mass is 10.1. The molecule has 0 spiro atoms. The fraction of sp³-hybridized carbons (Fsp3) is 0.480. The van der Waals surface area contributed by atoms with Crippen LogP contribution in [-0.2, 0) is 4.74 Å². The van der Waals surface area contributed by atoms with Gasteiger partial charge in [0.2, 0.25) is 0 Å². The highest BCUT2D eigenvalue weighted by Gasteiger charge is 2.20. The van der Waals surface area contributed by atoms with Crippen molar-refractivity contribution in [3.8, 4) is 5.75 Å². The summed E-state index contributed by atoms with van der Waals surface area (Å²) in [6.07, 6.45) is 5.55. The second kappa shape index (κ2) is 11.2. The molecule has 0 aliphatic carbocycles. The molecule has 2 fully saturated rings. The number of benzene rings is 1. The second-order valence-electron chi connectivity index (χ2n) is 8.80. The van der Waals surface area contributed by atoms with Crippen LogP contribution in [0.4, 0.5) is 16.6 Å². The number of anilines is 3. The third kappa shape index (κ3) is 5.66. The molecule has 10 heteroatoms. The van der Waals surface area contributed by atoms with Gasteiger partial charge in [-0.25, -0.2) is 9.97 Å². The topological polar surface area (TPSA) is 91.8 Å². The first-order chi connectivity index (χ1) is 17.2. The number of likely N-dealkylation sites (tertiary alicyclic amines) is 1. The van der Waals surface area contributed by atoms with Gasteiger partial charge in [0.1, 0.15) is 17.1 Å². The van der Waals surface area contributed by atoms with Gasteiger partial charge < -0.3 is 24.6 Å². The average Bonchev–Trinajstić information content (AvgIpc) is 3.33. The monoisotopic (exact) mass is 496 g/mol. The van der Waals surface area contributed by atoms with E-state index < -0.39 is 0 Å². The van der Waals surface area contributed by atoms with Crippen molar-refractivity contribution in [2.45, 2.75) is 19.3 Å². The fourth-order valence-electron chi connectivity index (χ4n) is 4.60. The number of aromatic nitrogens is 2. The summed E-state index contributed by atoms with van der Waals surface area (Å²) in [5.74, 6) is 1.19. The Morgan fingerprint density at radius 3 is 2.77 bits per heavy atom. The lowest BCUT2D eigenvalue weighted by molar-refractivity contribution is 0.102. The van der Waals surface area contributed by atoms with Crippen molar-refractivity contribution < 1.29 is 14.3 Å². The van der Waals surface area contributed by atoms with Gasteiger partial charge >= 0.3 is 0 Å². The molecule has 3 aromatic rings. The number of nitrogens with zero attached hydrogens (tertiary/aromatic N) is 4. The second-order valence-corrected chi connectivity index (χ2v) is 9.80. The van der Waals surface area contributed by atoms with Crippen molar-refractivity contribution in [3.05, 3.63) is 36.0 Å². The average molecular weight is 497 g/mol. The molecule has 1 aromatic carbocycles. The van der Waals surface area contributed by atoms with Gasteiger partial charge in [-0.1, -0.05) is 17.8 Å². The molecule has 4 heterocycles. The molecule has 0 unspecified atom stereocenters. The SMILES string of the molecule is COc1ccc(N2CCOCC2)c2sc(NC(=O)c3ccnc(NCCN4CCCCC4)c3)nc12.